The fourth-order valence-electron chi connectivity index (χ4n) is 2.50. The van der Waals surface area contributed by atoms with Gasteiger partial charge in [0.2, 0.25) is 0 Å². The van der Waals surface area contributed by atoms with Crippen LogP contribution in [-0.2, 0) is 4.74 Å². The fraction of sp³-hybridized carbons (Fsp3) is 0.647. The van der Waals surface area contributed by atoms with Gasteiger partial charge in [-0.25, -0.2) is 4.39 Å². The molecule has 1 heterocycles. The Morgan fingerprint density at radius 3 is 2.86 bits per heavy atom. The van der Waals surface area contributed by atoms with Crippen LogP contribution in [0.2, 0.25) is 0 Å². The molecule has 2 rings (SSSR count). The molecule has 0 spiro atoms. The Kier molecular flexibility index (Phi) is 6.00. The molecule has 0 bridgehead atoms. The summed E-state index contributed by atoms with van der Waals surface area (Å²) < 4.78 is 24.9. The van der Waals surface area contributed by atoms with Gasteiger partial charge < -0.3 is 14.8 Å². The molecule has 2 unspecified atom stereocenters. The molecule has 1 fully saturated rings. The standard InChI is InChI=1S/C17H26FNO2/c1-12(2)9-19-10-15-6-7-16(21-15)11-20-17-8-14(18)5-4-13(17)3/h4-5,8,12,15-16,19H,6-7,9-11H2,1-3H3. The third-order valence-corrected chi connectivity index (χ3v) is 3.70. The summed E-state index contributed by atoms with van der Waals surface area (Å²) >= 11 is 0. The van der Waals surface area contributed by atoms with Crippen molar-refractivity contribution in [3.8, 4) is 5.75 Å². The molecule has 0 aliphatic carbocycles. The average Bonchev–Trinajstić information content (AvgIpc) is 2.87. The van der Waals surface area contributed by atoms with Crippen LogP contribution in [0.4, 0.5) is 4.39 Å². The first-order chi connectivity index (χ1) is 10.0. The molecule has 1 N–H and O–H groups in total. The lowest BCUT2D eigenvalue weighted by atomic mass is 10.2. The van der Waals surface area contributed by atoms with Gasteiger partial charge in [-0.15, -0.1) is 0 Å². The van der Waals surface area contributed by atoms with Crippen molar-refractivity contribution in [2.45, 2.75) is 45.8 Å². The van der Waals surface area contributed by atoms with Crippen molar-refractivity contribution < 1.29 is 13.9 Å². The van der Waals surface area contributed by atoms with Crippen molar-refractivity contribution in [3.05, 3.63) is 29.6 Å². The highest BCUT2D eigenvalue weighted by Crippen LogP contribution is 2.23. The van der Waals surface area contributed by atoms with Gasteiger partial charge in [0.1, 0.15) is 18.2 Å². The Balaban J connectivity index is 1.71. The van der Waals surface area contributed by atoms with Crippen LogP contribution < -0.4 is 10.1 Å². The monoisotopic (exact) mass is 295 g/mol. The van der Waals surface area contributed by atoms with Crippen LogP contribution in [0.25, 0.3) is 0 Å². The summed E-state index contributed by atoms with van der Waals surface area (Å²) in [5, 5.41) is 3.42. The zero-order valence-corrected chi connectivity index (χ0v) is 13.2. The molecule has 0 amide bonds. The van der Waals surface area contributed by atoms with E-state index in [0.717, 1.165) is 31.5 Å². The van der Waals surface area contributed by atoms with Crippen LogP contribution in [0.5, 0.6) is 5.75 Å². The van der Waals surface area contributed by atoms with Gasteiger partial charge >= 0.3 is 0 Å². The molecule has 2 atom stereocenters. The lowest BCUT2D eigenvalue weighted by Crippen LogP contribution is -2.30. The van der Waals surface area contributed by atoms with Crippen LogP contribution in [0.1, 0.15) is 32.3 Å². The van der Waals surface area contributed by atoms with E-state index in [2.05, 4.69) is 19.2 Å². The van der Waals surface area contributed by atoms with E-state index in [-0.39, 0.29) is 18.0 Å². The summed E-state index contributed by atoms with van der Waals surface area (Å²) in [4.78, 5) is 0. The minimum Gasteiger partial charge on any atom is -0.491 e. The molecular weight excluding hydrogens is 269 g/mol. The highest BCUT2D eigenvalue weighted by molar-refractivity contribution is 5.32. The number of halogens is 1. The molecule has 1 aromatic carbocycles. The number of benzene rings is 1. The van der Waals surface area contributed by atoms with Gasteiger partial charge in [0.15, 0.2) is 0 Å². The van der Waals surface area contributed by atoms with Crippen LogP contribution in [-0.4, -0.2) is 31.9 Å². The second-order valence-electron chi connectivity index (χ2n) is 6.23. The largest absolute Gasteiger partial charge is 0.491 e. The molecule has 0 aromatic heterocycles. The normalized spacial score (nSPS) is 22.0. The first-order valence-electron chi connectivity index (χ1n) is 7.79. The molecule has 0 radical (unpaired) electrons. The van der Waals surface area contributed by atoms with Crippen LogP contribution in [0, 0.1) is 18.7 Å². The summed E-state index contributed by atoms with van der Waals surface area (Å²) in [5.74, 6) is 1.00. The van der Waals surface area contributed by atoms with Crippen LogP contribution >= 0.6 is 0 Å². The predicted molar refractivity (Wildman–Crippen MR) is 82.2 cm³/mol. The summed E-state index contributed by atoms with van der Waals surface area (Å²) in [6.07, 6.45) is 2.44. The lowest BCUT2D eigenvalue weighted by molar-refractivity contribution is 0.0182. The quantitative estimate of drug-likeness (QED) is 0.837. The summed E-state index contributed by atoms with van der Waals surface area (Å²) in [5.41, 5.74) is 0.949. The zero-order valence-electron chi connectivity index (χ0n) is 13.2. The second kappa shape index (κ2) is 7.76. The van der Waals surface area contributed by atoms with E-state index in [1.807, 2.05) is 6.92 Å². The maximum absolute atomic E-state index is 13.2. The van der Waals surface area contributed by atoms with Crippen molar-refractivity contribution in [2.75, 3.05) is 19.7 Å². The van der Waals surface area contributed by atoms with Crippen molar-refractivity contribution in [2.24, 2.45) is 5.92 Å². The van der Waals surface area contributed by atoms with E-state index >= 15 is 0 Å². The second-order valence-corrected chi connectivity index (χ2v) is 6.23. The summed E-state index contributed by atoms with van der Waals surface area (Å²) in [6, 6.07) is 4.62. The van der Waals surface area contributed by atoms with Gasteiger partial charge in [0.05, 0.1) is 12.2 Å². The smallest absolute Gasteiger partial charge is 0.126 e. The lowest BCUT2D eigenvalue weighted by Gasteiger charge is -2.16. The van der Waals surface area contributed by atoms with E-state index < -0.39 is 0 Å². The van der Waals surface area contributed by atoms with E-state index in [0.29, 0.717) is 18.3 Å². The minimum absolute atomic E-state index is 0.110. The molecule has 1 aliphatic rings. The van der Waals surface area contributed by atoms with E-state index in [9.17, 15) is 4.39 Å². The topological polar surface area (TPSA) is 30.5 Å². The Morgan fingerprint density at radius 2 is 2.10 bits per heavy atom. The number of nitrogens with one attached hydrogen (secondary N) is 1. The molecule has 0 saturated carbocycles. The molecule has 1 aliphatic heterocycles. The summed E-state index contributed by atoms with van der Waals surface area (Å²) in [7, 11) is 0. The SMILES string of the molecule is Cc1ccc(F)cc1OCC1CCC(CNCC(C)C)O1. The van der Waals surface area contributed by atoms with Crippen molar-refractivity contribution >= 4 is 0 Å². The third kappa shape index (κ3) is 5.29. The molecular formula is C17H26FNO2. The zero-order chi connectivity index (χ0) is 15.2. The van der Waals surface area contributed by atoms with Gasteiger partial charge in [-0.3, -0.25) is 0 Å². The number of hydrogen-bond acceptors (Lipinski definition) is 3. The number of hydrogen-bond donors (Lipinski definition) is 1. The molecule has 1 saturated heterocycles. The fourth-order valence-corrected chi connectivity index (χ4v) is 2.50. The third-order valence-electron chi connectivity index (χ3n) is 3.70. The van der Waals surface area contributed by atoms with E-state index in [1.54, 1.807) is 6.07 Å². The maximum atomic E-state index is 13.2. The van der Waals surface area contributed by atoms with Crippen molar-refractivity contribution in [3.63, 3.8) is 0 Å². The average molecular weight is 295 g/mol. The van der Waals surface area contributed by atoms with E-state index in [4.69, 9.17) is 9.47 Å². The Morgan fingerprint density at radius 1 is 1.33 bits per heavy atom. The van der Waals surface area contributed by atoms with Crippen LogP contribution in [0.3, 0.4) is 0 Å². The first-order valence-corrected chi connectivity index (χ1v) is 7.79. The van der Waals surface area contributed by atoms with Gasteiger partial charge in [0, 0.05) is 12.6 Å². The van der Waals surface area contributed by atoms with Gasteiger partial charge in [-0.05, 0) is 43.9 Å². The van der Waals surface area contributed by atoms with E-state index in [1.165, 1.54) is 12.1 Å². The molecule has 4 heteroatoms. The molecule has 21 heavy (non-hydrogen) atoms. The molecule has 1 aromatic rings. The van der Waals surface area contributed by atoms with Gasteiger partial charge in [-0.2, -0.15) is 0 Å². The number of rotatable bonds is 7. The van der Waals surface area contributed by atoms with Crippen molar-refractivity contribution in [1.29, 1.82) is 0 Å². The Bertz CT molecular complexity index is 450. The highest BCUT2D eigenvalue weighted by atomic mass is 19.1. The van der Waals surface area contributed by atoms with Gasteiger partial charge in [0.25, 0.3) is 0 Å². The first kappa shape index (κ1) is 16.2. The number of ether oxygens (including phenoxy) is 2. The van der Waals surface area contributed by atoms with Gasteiger partial charge in [-0.1, -0.05) is 19.9 Å². The minimum atomic E-state index is -0.265. The predicted octanol–water partition coefficient (Wildman–Crippen LogP) is 3.31. The Labute approximate surface area is 126 Å². The maximum Gasteiger partial charge on any atom is 0.126 e. The molecule has 118 valence electrons. The molecule has 3 nitrogen and oxygen atoms in total. The summed E-state index contributed by atoms with van der Waals surface area (Å²) in [6.45, 7) is 8.71. The number of aryl methyl sites for hydroxylation is 1. The highest BCUT2D eigenvalue weighted by Gasteiger charge is 2.25. The van der Waals surface area contributed by atoms with Crippen LogP contribution in [0.15, 0.2) is 18.2 Å². The van der Waals surface area contributed by atoms with Crippen molar-refractivity contribution in [1.82, 2.24) is 5.32 Å². The Hall–Kier alpha value is -1.13.